The van der Waals surface area contributed by atoms with E-state index in [2.05, 4.69) is 5.32 Å². The van der Waals surface area contributed by atoms with Gasteiger partial charge in [0.1, 0.15) is 16.9 Å². The third-order valence-corrected chi connectivity index (χ3v) is 3.99. The smallest absolute Gasteiger partial charge is 0.331 e. The van der Waals surface area contributed by atoms with Crippen LogP contribution in [0.3, 0.4) is 0 Å². The second-order valence-electron chi connectivity index (χ2n) is 6.35. The van der Waals surface area contributed by atoms with Gasteiger partial charge in [-0.3, -0.25) is 5.32 Å². The minimum Gasteiger partial charge on any atom is -0.487 e. The maximum absolute atomic E-state index is 12.6. The van der Waals surface area contributed by atoms with Crippen LogP contribution in [0, 0.1) is 0 Å². The Morgan fingerprint density at radius 1 is 1.35 bits per heavy atom. The molecule has 1 aliphatic heterocycles. The number of benzene rings is 1. The standard InChI is InChI=1S/C16H21NO3/c1-15(2)10-16(14(18)19-3,17-11-8-9-11)12-6-4-5-7-13(12)20-15/h4-7,11,17H,8-10H2,1-3H3. The van der Waals surface area contributed by atoms with Crippen LogP contribution in [-0.2, 0) is 15.1 Å². The van der Waals surface area contributed by atoms with Gasteiger partial charge in [-0.25, -0.2) is 4.79 Å². The van der Waals surface area contributed by atoms with E-state index in [1.54, 1.807) is 0 Å². The average Bonchev–Trinajstić information content (AvgIpc) is 3.20. The number of hydrogen-bond acceptors (Lipinski definition) is 4. The van der Waals surface area contributed by atoms with E-state index in [9.17, 15) is 4.79 Å². The fourth-order valence-electron chi connectivity index (χ4n) is 3.10. The Kier molecular flexibility index (Phi) is 3.01. The first-order valence-electron chi connectivity index (χ1n) is 7.11. The van der Waals surface area contributed by atoms with Gasteiger partial charge in [0.25, 0.3) is 0 Å². The first-order chi connectivity index (χ1) is 9.47. The summed E-state index contributed by atoms with van der Waals surface area (Å²) < 4.78 is 11.1. The Bertz CT molecular complexity index is 536. The molecule has 0 radical (unpaired) electrons. The summed E-state index contributed by atoms with van der Waals surface area (Å²) >= 11 is 0. The summed E-state index contributed by atoms with van der Waals surface area (Å²) in [4.78, 5) is 12.6. The van der Waals surface area contributed by atoms with Gasteiger partial charge in [-0.1, -0.05) is 18.2 Å². The molecule has 0 spiro atoms. The SMILES string of the molecule is COC(=O)C1(NC2CC2)CC(C)(C)Oc2ccccc21. The molecule has 1 aromatic carbocycles. The highest BCUT2D eigenvalue weighted by molar-refractivity contribution is 5.84. The first kappa shape index (κ1) is 13.4. The van der Waals surface area contributed by atoms with Gasteiger partial charge < -0.3 is 9.47 Å². The Hall–Kier alpha value is -1.55. The lowest BCUT2D eigenvalue weighted by Gasteiger charge is -2.44. The molecule has 0 amide bonds. The van der Waals surface area contributed by atoms with E-state index in [1.165, 1.54) is 7.11 Å². The molecule has 1 unspecified atom stereocenters. The van der Waals surface area contributed by atoms with Crippen LogP contribution in [0.25, 0.3) is 0 Å². The Morgan fingerprint density at radius 3 is 2.70 bits per heavy atom. The maximum atomic E-state index is 12.6. The normalized spacial score (nSPS) is 27.4. The van der Waals surface area contributed by atoms with Crippen molar-refractivity contribution < 1.29 is 14.3 Å². The molecule has 2 aliphatic rings. The van der Waals surface area contributed by atoms with Crippen LogP contribution in [0.4, 0.5) is 0 Å². The van der Waals surface area contributed by atoms with Crippen LogP contribution in [0.5, 0.6) is 5.75 Å². The number of esters is 1. The molecular weight excluding hydrogens is 254 g/mol. The van der Waals surface area contributed by atoms with Crippen LogP contribution < -0.4 is 10.1 Å². The highest BCUT2D eigenvalue weighted by Crippen LogP contribution is 2.45. The summed E-state index contributed by atoms with van der Waals surface area (Å²) in [6, 6.07) is 8.14. The number of ether oxygens (including phenoxy) is 2. The van der Waals surface area contributed by atoms with Gasteiger partial charge in [0.05, 0.1) is 7.11 Å². The fraction of sp³-hybridized carbons (Fsp3) is 0.562. The highest BCUT2D eigenvalue weighted by atomic mass is 16.5. The van der Waals surface area contributed by atoms with Gasteiger partial charge in [-0.05, 0) is 32.8 Å². The van der Waals surface area contributed by atoms with Crippen molar-refractivity contribution >= 4 is 5.97 Å². The lowest BCUT2D eigenvalue weighted by Crippen LogP contribution is -2.58. The summed E-state index contributed by atoms with van der Waals surface area (Å²) in [7, 11) is 1.45. The number of rotatable bonds is 3. The first-order valence-corrected chi connectivity index (χ1v) is 7.11. The number of carbonyl (C=O) groups excluding carboxylic acids is 1. The van der Waals surface area contributed by atoms with E-state index in [0.29, 0.717) is 12.5 Å². The third-order valence-electron chi connectivity index (χ3n) is 3.99. The molecule has 0 bridgehead atoms. The topological polar surface area (TPSA) is 47.6 Å². The minimum atomic E-state index is -0.797. The molecule has 0 saturated heterocycles. The molecule has 1 atom stereocenters. The van der Waals surface area contributed by atoms with Gasteiger partial charge in [0.2, 0.25) is 0 Å². The van der Waals surface area contributed by atoms with Gasteiger partial charge in [0, 0.05) is 18.0 Å². The van der Waals surface area contributed by atoms with Gasteiger partial charge in [0.15, 0.2) is 0 Å². The van der Waals surface area contributed by atoms with Crippen molar-refractivity contribution in [3.8, 4) is 5.75 Å². The minimum absolute atomic E-state index is 0.228. The fourth-order valence-corrected chi connectivity index (χ4v) is 3.10. The van der Waals surface area contributed by atoms with E-state index in [0.717, 1.165) is 24.2 Å². The second kappa shape index (κ2) is 4.48. The quantitative estimate of drug-likeness (QED) is 0.860. The summed E-state index contributed by atoms with van der Waals surface area (Å²) in [5.41, 5.74) is -0.323. The summed E-state index contributed by atoms with van der Waals surface area (Å²) in [6.07, 6.45) is 2.80. The highest BCUT2D eigenvalue weighted by Gasteiger charge is 2.53. The zero-order valence-corrected chi connectivity index (χ0v) is 12.2. The molecule has 3 rings (SSSR count). The molecule has 1 aliphatic carbocycles. The van der Waals surface area contributed by atoms with E-state index >= 15 is 0 Å². The van der Waals surface area contributed by atoms with Crippen LogP contribution in [0.2, 0.25) is 0 Å². The number of methoxy groups -OCH3 is 1. The van der Waals surface area contributed by atoms with Crippen molar-refractivity contribution in [1.82, 2.24) is 5.32 Å². The summed E-state index contributed by atoms with van der Waals surface area (Å²) in [6.45, 7) is 4.02. The van der Waals surface area contributed by atoms with Crippen molar-refractivity contribution in [2.75, 3.05) is 7.11 Å². The second-order valence-corrected chi connectivity index (χ2v) is 6.35. The van der Waals surface area contributed by atoms with Crippen molar-refractivity contribution in [2.45, 2.75) is 50.3 Å². The number of fused-ring (bicyclic) bond motifs is 1. The van der Waals surface area contributed by atoms with Crippen molar-refractivity contribution in [3.05, 3.63) is 29.8 Å². The van der Waals surface area contributed by atoms with Crippen molar-refractivity contribution in [1.29, 1.82) is 0 Å². The predicted octanol–water partition coefficient (Wildman–Crippen LogP) is 2.37. The van der Waals surface area contributed by atoms with Crippen molar-refractivity contribution in [3.63, 3.8) is 0 Å². The average molecular weight is 275 g/mol. The molecule has 1 aromatic rings. The number of nitrogens with one attached hydrogen (secondary N) is 1. The molecule has 20 heavy (non-hydrogen) atoms. The predicted molar refractivity (Wildman–Crippen MR) is 75.6 cm³/mol. The zero-order chi connectivity index (χ0) is 14.4. The molecular formula is C16H21NO3. The molecule has 1 heterocycles. The van der Waals surface area contributed by atoms with Crippen molar-refractivity contribution in [2.24, 2.45) is 0 Å². The molecule has 4 nitrogen and oxygen atoms in total. The van der Waals surface area contributed by atoms with E-state index in [4.69, 9.17) is 9.47 Å². The molecule has 0 aromatic heterocycles. The van der Waals surface area contributed by atoms with Crippen LogP contribution >= 0.6 is 0 Å². The molecule has 1 saturated carbocycles. The number of para-hydroxylation sites is 1. The Balaban J connectivity index is 2.12. The summed E-state index contributed by atoms with van der Waals surface area (Å²) in [5.74, 6) is 0.538. The molecule has 4 heteroatoms. The van der Waals surface area contributed by atoms with Gasteiger partial charge >= 0.3 is 5.97 Å². The van der Waals surface area contributed by atoms with E-state index in [-0.39, 0.29) is 5.97 Å². The zero-order valence-electron chi connectivity index (χ0n) is 12.2. The Labute approximate surface area is 119 Å². The van der Waals surface area contributed by atoms with E-state index < -0.39 is 11.1 Å². The third kappa shape index (κ3) is 2.18. The Morgan fingerprint density at radius 2 is 2.05 bits per heavy atom. The number of carbonyl (C=O) groups is 1. The van der Waals surface area contributed by atoms with Gasteiger partial charge in [-0.15, -0.1) is 0 Å². The van der Waals surface area contributed by atoms with Gasteiger partial charge in [-0.2, -0.15) is 0 Å². The van der Waals surface area contributed by atoms with Crippen LogP contribution in [0.1, 0.15) is 38.7 Å². The number of hydrogen-bond donors (Lipinski definition) is 1. The van der Waals surface area contributed by atoms with E-state index in [1.807, 2.05) is 38.1 Å². The molecule has 108 valence electrons. The van der Waals surface area contributed by atoms with Crippen LogP contribution in [0.15, 0.2) is 24.3 Å². The lowest BCUT2D eigenvalue weighted by molar-refractivity contribution is -0.153. The molecule has 1 N–H and O–H groups in total. The summed E-state index contributed by atoms with van der Waals surface area (Å²) in [5, 5.41) is 3.51. The maximum Gasteiger partial charge on any atom is 0.331 e. The molecule has 1 fully saturated rings. The van der Waals surface area contributed by atoms with Crippen LogP contribution in [-0.4, -0.2) is 24.7 Å². The lowest BCUT2D eigenvalue weighted by atomic mass is 9.77. The monoisotopic (exact) mass is 275 g/mol. The largest absolute Gasteiger partial charge is 0.487 e.